The Hall–Kier alpha value is -1.39. The summed E-state index contributed by atoms with van der Waals surface area (Å²) in [6.45, 7) is 2.87. The molecule has 18 heavy (non-hydrogen) atoms. The number of aliphatic hydroxyl groups excluding tert-OH is 1. The van der Waals surface area contributed by atoms with Gasteiger partial charge in [-0.1, -0.05) is 30.3 Å². The first kappa shape index (κ1) is 14.7. The van der Waals surface area contributed by atoms with E-state index in [0.29, 0.717) is 26.1 Å². The summed E-state index contributed by atoms with van der Waals surface area (Å²) in [5.41, 5.74) is 1.10. The molecule has 0 saturated heterocycles. The summed E-state index contributed by atoms with van der Waals surface area (Å²) in [5, 5.41) is 12.1. The molecule has 2 N–H and O–H groups in total. The van der Waals surface area contributed by atoms with E-state index in [1.54, 1.807) is 0 Å². The lowest BCUT2D eigenvalue weighted by molar-refractivity contribution is -0.123. The zero-order valence-electron chi connectivity index (χ0n) is 10.8. The molecule has 1 rings (SSSR count). The molecule has 0 aromatic heterocycles. The molecular weight excluding hydrogens is 230 g/mol. The van der Waals surface area contributed by atoms with E-state index >= 15 is 0 Å². The van der Waals surface area contributed by atoms with E-state index in [1.807, 2.05) is 37.3 Å². The minimum atomic E-state index is -0.235. The van der Waals surface area contributed by atoms with Gasteiger partial charge in [-0.2, -0.15) is 0 Å². The normalized spacial score (nSPS) is 12.1. The van der Waals surface area contributed by atoms with Crippen molar-refractivity contribution in [3.05, 3.63) is 35.9 Å². The van der Waals surface area contributed by atoms with Gasteiger partial charge in [-0.3, -0.25) is 4.79 Å². The molecule has 0 heterocycles. The van der Waals surface area contributed by atoms with E-state index in [2.05, 4.69) is 5.32 Å². The molecule has 0 aliphatic carbocycles. The van der Waals surface area contributed by atoms with E-state index in [-0.39, 0.29) is 18.6 Å². The molecule has 0 aliphatic heterocycles. The zero-order valence-corrected chi connectivity index (χ0v) is 10.8. The fourth-order valence-electron chi connectivity index (χ4n) is 1.67. The van der Waals surface area contributed by atoms with E-state index < -0.39 is 0 Å². The lowest BCUT2D eigenvalue weighted by atomic mass is 10.1. The summed E-state index contributed by atoms with van der Waals surface area (Å²) in [6.07, 6.45) is 0.969. The predicted octanol–water partition coefficient (Wildman–Crippen LogP) is 1.13. The lowest BCUT2D eigenvalue weighted by Gasteiger charge is -2.16. The molecule has 1 amide bonds. The SMILES string of the molecule is CCOCCC(=O)N[C@H](CO)Cc1ccccc1. The van der Waals surface area contributed by atoms with E-state index in [9.17, 15) is 9.90 Å². The van der Waals surface area contributed by atoms with Gasteiger partial charge in [0.2, 0.25) is 5.91 Å². The molecule has 4 heteroatoms. The van der Waals surface area contributed by atoms with Crippen molar-refractivity contribution in [1.82, 2.24) is 5.32 Å². The first-order valence-electron chi connectivity index (χ1n) is 6.28. The Kier molecular flexibility index (Phi) is 7.06. The van der Waals surface area contributed by atoms with E-state index in [4.69, 9.17) is 4.74 Å². The number of nitrogens with one attached hydrogen (secondary N) is 1. The monoisotopic (exact) mass is 251 g/mol. The molecule has 1 aromatic rings. The Morgan fingerprint density at radius 2 is 2.11 bits per heavy atom. The van der Waals surface area contributed by atoms with Crippen LogP contribution in [0.3, 0.4) is 0 Å². The van der Waals surface area contributed by atoms with Crippen LogP contribution in [0.25, 0.3) is 0 Å². The minimum Gasteiger partial charge on any atom is -0.394 e. The van der Waals surface area contributed by atoms with Crippen molar-refractivity contribution in [2.45, 2.75) is 25.8 Å². The second-order valence-electron chi connectivity index (χ2n) is 4.08. The Morgan fingerprint density at radius 1 is 1.39 bits per heavy atom. The molecule has 100 valence electrons. The molecule has 1 atom stereocenters. The Labute approximate surface area is 108 Å². The molecule has 0 radical (unpaired) electrons. The highest BCUT2D eigenvalue weighted by Crippen LogP contribution is 2.03. The Bertz CT molecular complexity index is 340. The molecule has 0 saturated carbocycles. The van der Waals surface area contributed by atoms with Gasteiger partial charge in [0, 0.05) is 13.0 Å². The van der Waals surface area contributed by atoms with Crippen LogP contribution >= 0.6 is 0 Å². The predicted molar refractivity (Wildman–Crippen MR) is 70.3 cm³/mol. The topological polar surface area (TPSA) is 58.6 Å². The largest absolute Gasteiger partial charge is 0.394 e. The molecule has 0 unspecified atom stereocenters. The van der Waals surface area contributed by atoms with Gasteiger partial charge in [0.25, 0.3) is 0 Å². The van der Waals surface area contributed by atoms with Gasteiger partial charge >= 0.3 is 0 Å². The van der Waals surface area contributed by atoms with Crippen molar-refractivity contribution in [3.63, 3.8) is 0 Å². The van der Waals surface area contributed by atoms with Gasteiger partial charge in [0.15, 0.2) is 0 Å². The number of benzene rings is 1. The fourth-order valence-corrected chi connectivity index (χ4v) is 1.67. The number of carbonyl (C=O) groups is 1. The highest BCUT2D eigenvalue weighted by Gasteiger charge is 2.11. The van der Waals surface area contributed by atoms with Crippen LogP contribution in [0.2, 0.25) is 0 Å². The number of aliphatic hydroxyl groups is 1. The van der Waals surface area contributed by atoms with Crippen LogP contribution in [0.5, 0.6) is 0 Å². The molecular formula is C14H21NO3. The average Bonchev–Trinajstić information content (AvgIpc) is 2.39. The van der Waals surface area contributed by atoms with Crippen LogP contribution in [-0.2, 0) is 16.0 Å². The minimum absolute atomic E-state index is 0.0602. The molecule has 4 nitrogen and oxygen atoms in total. The van der Waals surface area contributed by atoms with Crippen molar-refractivity contribution in [3.8, 4) is 0 Å². The lowest BCUT2D eigenvalue weighted by Crippen LogP contribution is -2.39. The van der Waals surface area contributed by atoms with Gasteiger partial charge < -0.3 is 15.2 Å². The van der Waals surface area contributed by atoms with Gasteiger partial charge in [0.1, 0.15) is 0 Å². The summed E-state index contributed by atoms with van der Waals surface area (Å²) < 4.78 is 5.11. The van der Waals surface area contributed by atoms with E-state index in [0.717, 1.165) is 5.56 Å². The number of ether oxygens (including phenoxy) is 1. The second-order valence-corrected chi connectivity index (χ2v) is 4.08. The summed E-state index contributed by atoms with van der Waals surface area (Å²) >= 11 is 0. The van der Waals surface area contributed by atoms with E-state index in [1.165, 1.54) is 0 Å². The number of amides is 1. The van der Waals surface area contributed by atoms with Crippen molar-refractivity contribution < 1.29 is 14.6 Å². The van der Waals surface area contributed by atoms with Gasteiger partial charge in [-0.15, -0.1) is 0 Å². The maximum absolute atomic E-state index is 11.6. The van der Waals surface area contributed by atoms with Crippen LogP contribution < -0.4 is 5.32 Å². The van der Waals surface area contributed by atoms with Crippen LogP contribution in [-0.4, -0.2) is 36.9 Å². The van der Waals surface area contributed by atoms with Crippen molar-refractivity contribution >= 4 is 5.91 Å². The van der Waals surface area contributed by atoms with Crippen molar-refractivity contribution in [1.29, 1.82) is 0 Å². The van der Waals surface area contributed by atoms with Crippen molar-refractivity contribution in [2.75, 3.05) is 19.8 Å². The Morgan fingerprint density at radius 3 is 2.72 bits per heavy atom. The maximum atomic E-state index is 11.6. The maximum Gasteiger partial charge on any atom is 0.222 e. The van der Waals surface area contributed by atoms with Crippen LogP contribution in [0.4, 0.5) is 0 Å². The number of hydrogen-bond acceptors (Lipinski definition) is 3. The molecule has 0 bridgehead atoms. The zero-order chi connectivity index (χ0) is 13.2. The summed E-state index contributed by atoms with van der Waals surface area (Å²) in [7, 11) is 0. The van der Waals surface area contributed by atoms with Gasteiger partial charge in [0.05, 0.1) is 19.3 Å². The standard InChI is InChI=1S/C14H21NO3/c1-2-18-9-8-14(17)15-13(11-16)10-12-6-4-3-5-7-12/h3-7,13,16H,2,8-11H2,1H3,(H,15,17)/t13-/m0/s1. The molecule has 0 spiro atoms. The second kappa shape index (κ2) is 8.66. The van der Waals surface area contributed by atoms with Crippen LogP contribution in [0.15, 0.2) is 30.3 Å². The first-order valence-corrected chi connectivity index (χ1v) is 6.28. The number of rotatable bonds is 8. The third kappa shape index (κ3) is 5.80. The quantitative estimate of drug-likeness (QED) is 0.681. The number of hydrogen-bond donors (Lipinski definition) is 2. The van der Waals surface area contributed by atoms with Crippen LogP contribution in [0.1, 0.15) is 18.9 Å². The first-order chi connectivity index (χ1) is 8.76. The Balaban J connectivity index is 2.35. The molecule has 0 aliphatic rings. The smallest absolute Gasteiger partial charge is 0.222 e. The summed E-state index contributed by atoms with van der Waals surface area (Å²) in [6, 6.07) is 9.56. The number of carbonyl (C=O) groups excluding carboxylic acids is 1. The summed E-state index contributed by atoms with van der Waals surface area (Å²) in [5.74, 6) is -0.0848. The summed E-state index contributed by atoms with van der Waals surface area (Å²) in [4.78, 5) is 11.6. The average molecular weight is 251 g/mol. The highest BCUT2D eigenvalue weighted by molar-refractivity contribution is 5.76. The van der Waals surface area contributed by atoms with Gasteiger partial charge in [-0.05, 0) is 18.9 Å². The van der Waals surface area contributed by atoms with Crippen molar-refractivity contribution in [2.24, 2.45) is 0 Å². The third-order valence-corrected chi connectivity index (χ3v) is 2.59. The highest BCUT2D eigenvalue weighted by atomic mass is 16.5. The van der Waals surface area contributed by atoms with Crippen LogP contribution in [0, 0.1) is 0 Å². The molecule has 0 fully saturated rings. The third-order valence-electron chi connectivity index (χ3n) is 2.59. The fraction of sp³-hybridized carbons (Fsp3) is 0.500. The van der Waals surface area contributed by atoms with Gasteiger partial charge in [-0.25, -0.2) is 0 Å². The molecule has 1 aromatic carbocycles.